The maximum Gasteiger partial charge on any atom is 0.251 e. The summed E-state index contributed by atoms with van der Waals surface area (Å²) in [5.74, 6) is 1.56. The van der Waals surface area contributed by atoms with Gasteiger partial charge in [-0.3, -0.25) is 9.59 Å². The molecule has 1 unspecified atom stereocenters. The second kappa shape index (κ2) is 11.8. The SMILES string of the molecule is CCOc1ccc(C(=O)NC(C(=O)NCCc2cc(OC)ccc2OC)C(C)C)cc1. The molecule has 0 saturated heterocycles. The van der Waals surface area contributed by atoms with Crippen LogP contribution in [0, 0.1) is 5.92 Å². The molecule has 0 aliphatic heterocycles. The zero-order valence-electron chi connectivity index (χ0n) is 18.9. The van der Waals surface area contributed by atoms with Crippen LogP contribution in [-0.4, -0.2) is 45.2 Å². The Bertz CT molecular complexity index is 865. The Morgan fingerprint density at radius 3 is 2.23 bits per heavy atom. The molecule has 2 N–H and O–H groups in total. The summed E-state index contributed by atoms with van der Waals surface area (Å²) in [5, 5.41) is 5.75. The molecule has 31 heavy (non-hydrogen) atoms. The molecule has 2 amide bonds. The molecule has 2 aromatic carbocycles. The van der Waals surface area contributed by atoms with Crippen LogP contribution in [0.3, 0.4) is 0 Å². The second-order valence-electron chi connectivity index (χ2n) is 7.37. The highest BCUT2D eigenvalue weighted by atomic mass is 16.5. The third-order valence-corrected chi connectivity index (χ3v) is 4.84. The Hall–Kier alpha value is -3.22. The van der Waals surface area contributed by atoms with Gasteiger partial charge in [0.2, 0.25) is 5.91 Å². The van der Waals surface area contributed by atoms with Crippen LogP contribution in [0.15, 0.2) is 42.5 Å². The second-order valence-corrected chi connectivity index (χ2v) is 7.37. The minimum atomic E-state index is -0.647. The average Bonchev–Trinajstić information content (AvgIpc) is 2.77. The highest BCUT2D eigenvalue weighted by molar-refractivity contribution is 5.97. The van der Waals surface area contributed by atoms with E-state index in [1.807, 2.05) is 39.0 Å². The largest absolute Gasteiger partial charge is 0.497 e. The van der Waals surface area contributed by atoms with Crippen molar-refractivity contribution in [3.63, 3.8) is 0 Å². The quantitative estimate of drug-likeness (QED) is 0.574. The summed E-state index contributed by atoms with van der Waals surface area (Å²) in [5.41, 5.74) is 1.41. The highest BCUT2D eigenvalue weighted by Crippen LogP contribution is 2.24. The first-order chi connectivity index (χ1) is 14.9. The van der Waals surface area contributed by atoms with Gasteiger partial charge in [-0.05, 0) is 67.3 Å². The Morgan fingerprint density at radius 2 is 1.65 bits per heavy atom. The van der Waals surface area contributed by atoms with Crippen LogP contribution in [0.2, 0.25) is 0 Å². The van der Waals surface area contributed by atoms with Crippen molar-refractivity contribution >= 4 is 11.8 Å². The summed E-state index contributed by atoms with van der Waals surface area (Å²) in [6.07, 6.45) is 0.573. The summed E-state index contributed by atoms with van der Waals surface area (Å²) in [6, 6.07) is 11.8. The van der Waals surface area contributed by atoms with Crippen molar-refractivity contribution in [2.45, 2.75) is 33.2 Å². The number of ether oxygens (including phenoxy) is 3. The number of carbonyl (C=O) groups excluding carboxylic acids is 2. The number of amides is 2. The minimum absolute atomic E-state index is 0.0713. The van der Waals surface area contributed by atoms with Crippen molar-refractivity contribution in [3.05, 3.63) is 53.6 Å². The lowest BCUT2D eigenvalue weighted by molar-refractivity contribution is -0.123. The standard InChI is InChI=1S/C24H32N2O5/c1-6-31-19-9-7-17(8-10-19)23(27)26-22(16(2)3)24(28)25-14-13-18-15-20(29-4)11-12-21(18)30-5/h7-12,15-16,22H,6,13-14H2,1-5H3,(H,25,28)(H,26,27). The molecule has 0 aliphatic rings. The molecular weight excluding hydrogens is 396 g/mol. The molecule has 0 radical (unpaired) electrons. The monoisotopic (exact) mass is 428 g/mol. The van der Waals surface area contributed by atoms with E-state index in [0.29, 0.717) is 30.9 Å². The van der Waals surface area contributed by atoms with E-state index in [1.165, 1.54) is 0 Å². The van der Waals surface area contributed by atoms with Crippen LogP contribution < -0.4 is 24.8 Å². The van der Waals surface area contributed by atoms with Crippen LogP contribution in [0.4, 0.5) is 0 Å². The van der Waals surface area contributed by atoms with E-state index in [1.54, 1.807) is 38.5 Å². The fourth-order valence-corrected chi connectivity index (χ4v) is 3.14. The summed E-state index contributed by atoms with van der Waals surface area (Å²) in [6.45, 7) is 6.66. The first-order valence-corrected chi connectivity index (χ1v) is 10.4. The van der Waals surface area contributed by atoms with Crippen molar-refractivity contribution in [3.8, 4) is 17.2 Å². The molecule has 0 heterocycles. The number of rotatable bonds is 11. The van der Waals surface area contributed by atoms with Gasteiger partial charge in [-0.1, -0.05) is 13.8 Å². The first-order valence-electron chi connectivity index (χ1n) is 10.4. The first kappa shape index (κ1) is 24.1. The van der Waals surface area contributed by atoms with Gasteiger partial charge in [-0.15, -0.1) is 0 Å². The summed E-state index contributed by atoms with van der Waals surface area (Å²) >= 11 is 0. The smallest absolute Gasteiger partial charge is 0.251 e. The van der Waals surface area contributed by atoms with E-state index in [0.717, 1.165) is 17.1 Å². The summed E-state index contributed by atoms with van der Waals surface area (Å²) in [7, 11) is 3.21. The van der Waals surface area contributed by atoms with Crippen molar-refractivity contribution < 1.29 is 23.8 Å². The van der Waals surface area contributed by atoms with E-state index in [-0.39, 0.29) is 17.7 Å². The molecule has 0 saturated carbocycles. The maximum absolute atomic E-state index is 12.8. The average molecular weight is 429 g/mol. The van der Waals surface area contributed by atoms with Crippen LogP contribution in [0.25, 0.3) is 0 Å². The lowest BCUT2D eigenvalue weighted by Gasteiger charge is -2.22. The van der Waals surface area contributed by atoms with Crippen LogP contribution >= 0.6 is 0 Å². The minimum Gasteiger partial charge on any atom is -0.497 e. The van der Waals surface area contributed by atoms with Crippen molar-refractivity contribution in [1.82, 2.24) is 10.6 Å². The number of hydrogen-bond acceptors (Lipinski definition) is 5. The molecule has 168 valence electrons. The molecule has 7 heteroatoms. The normalized spacial score (nSPS) is 11.5. The third-order valence-electron chi connectivity index (χ3n) is 4.84. The van der Waals surface area contributed by atoms with Gasteiger partial charge in [0.25, 0.3) is 5.91 Å². The molecule has 0 fully saturated rings. The summed E-state index contributed by atoms with van der Waals surface area (Å²) < 4.78 is 16.0. The predicted molar refractivity (Wildman–Crippen MR) is 120 cm³/mol. The topological polar surface area (TPSA) is 85.9 Å². The van der Waals surface area contributed by atoms with Gasteiger partial charge in [-0.2, -0.15) is 0 Å². The Kier molecular flexibility index (Phi) is 9.18. The van der Waals surface area contributed by atoms with Gasteiger partial charge in [0, 0.05) is 12.1 Å². The molecule has 0 aromatic heterocycles. The fourth-order valence-electron chi connectivity index (χ4n) is 3.14. The summed E-state index contributed by atoms with van der Waals surface area (Å²) in [4.78, 5) is 25.4. The van der Waals surface area contributed by atoms with Crippen molar-refractivity contribution in [2.75, 3.05) is 27.4 Å². The Balaban J connectivity index is 1.97. The Labute approximate surface area is 184 Å². The van der Waals surface area contributed by atoms with E-state index >= 15 is 0 Å². The number of nitrogens with one attached hydrogen (secondary N) is 2. The van der Waals surface area contributed by atoms with Gasteiger partial charge in [0.1, 0.15) is 23.3 Å². The lowest BCUT2D eigenvalue weighted by Crippen LogP contribution is -2.50. The molecule has 0 bridgehead atoms. The van der Waals surface area contributed by atoms with E-state index < -0.39 is 6.04 Å². The molecule has 0 aliphatic carbocycles. The van der Waals surface area contributed by atoms with Gasteiger partial charge < -0.3 is 24.8 Å². The number of carbonyl (C=O) groups is 2. The van der Waals surface area contributed by atoms with Gasteiger partial charge >= 0.3 is 0 Å². The molecular formula is C24H32N2O5. The fraction of sp³-hybridized carbons (Fsp3) is 0.417. The lowest BCUT2D eigenvalue weighted by atomic mass is 10.0. The van der Waals surface area contributed by atoms with E-state index in [2.05, 4.69) is 10.6 Å². The third kappa shape index (κ3) is 6.91. The molecule has 7 nitrogen and oxygen atoms in total. The molecule has 2 rings (SSSR count). The number of methoxy groups -OCH3 is 2. The zero-order valence-corrected chi connectivity index (χ0v) is 18.9. The zero-order chi connectivity index (χ0) is 22.8. The number of hydrogen-bond donors (Lipinski definition) is 2. The molecule has 0 spiro atoms. The van der Waals surface area contributed by atoms with Gasteiger partial charge in [0.15, 0.2) is 0 Å². The van der Waals surface area contributed by atoms with Crippen LogP contribution in [0.5, 0.6) is 17.2 Å². The highest BCUT2D eigenvalue weighted by Gasteiger charge is 2.24. The Morgan fingerprint density at radius 1 is 0.968 bits per heavy atom. The van der Waals surface area contributed by atoms with Gasteiger partial charge in [0.05, 0.1) is 20.8 Å². The van der Waals surface area contributed by atoms with E-state index in [9.17, 15) is 9.59 Å². The van der Waals surface area contributed by atoms with E-state index in [4.69, 9.17) is 14.2 Å². The van der Waals surface area contributed by atoms with Crippen molar-refractivity contribution in [1.29, 1.82) is 0 Å². The van der Waals surface area contributed by atoms with Crippen molar-refractivity contribution in [2.24, 2.45) is 5.92 Å². The van der Waals surface area contributed by atoms with Gasteiger partial charge in [-0.25, -0.2) is 0 Å². The van der Waals surface area contributed by atoms with Crippen LogP contribution in [-0.2, 0) is 11.2 Å². The maximum atomic E-state index is 12.8. The molecule has 1 atom stereocenters. The predicted octanol–water partition coefficient (Wildman–Crippen LogP) is 3.22. The molecule has 2 aromatic rings. The van der Waals surface area contributed by atoms with Crippen LogP contribution in [0.1, 0.15) is 36.7 Å². The number of benzene rings is 2.